The van der Waals surface area contributed by atoms with Crippen LogP contribution in [0.2, 0.25) is 0 Å². The van der Waals surface area contributed by atoms with Crippen LogP contribution in [0.5, 0.6) is 0 Å². The molecular weight excluding hydrogens is 328 g/mol. The van der Waals surface area contributed by atoms with Gasteiger partial charge in [0, 0.05) is 57.3 Å². The average molecular weight is 354 g/mol. The van der Waals surface area contributed by atoms with E-state index in [2.05, 4.69) is 36.5 Å². The van der Waals surface area contributed by atoms with Crippen molar-refractivity contribution in [3.63, 3.8) is 0 Å². The molecule has 2 heterocycles. The van der Waals surface area contributed by atoms with Gasteiger partial charge in [-0.1, -0.05) is 17.7 Å². The molecule has 1 aliphatic rings. The smallest absolute Gasteiger partial charge is 0.319 e. The van der Waals surface area contributed by atoms with Gasteiger partial charge >= 0.3 is 6.03 Å². The van der Waals surface area contributed by atoms with E-state index >= 15 is 0 Å². The fourth-order valence-electron chi connectivity index (χ4n) is 3.07. The summed E-state index contributed by atoms with van der Waals surface area (Å²) in [6.07, 6.45) is 3.54. The molecule has 1 saturated heterocycles. The first-order chi connectivity index (χ1) is 12.6. The third-order valence-electron chi connectivity index (χ3n) is 4.55. The standard InChI is InChI=1S/C19H26N6O/c1-15-4-5-17(16(2)14-15)23-19(26)22-8-9-24-10-12-25(13-11-24)18-20-6-3-7-21-18/h3-7,14H,8-13H2,1-2H3,(H2,22,23,26). The number of piperazine rings is 1. The van der Waals surface area contributed by atoms with Crippen molar-refractivity contribution < 1.29 is 4.79 Å². The summed E-state index contributed by atoms with van der Waals surface area (Å²) < 4.78 is 0. The molecule has 26 heavy (non-hydrogen) atoms. The number of aryl methyl sites for hydroxylation is 2. The molecular formula is C19H26N6O. The number of hydrogen-bond donors (Lipinski definition) is 2. The van der Waals surface area contributed by atoms with Gasteiger partial charge in [0.25, 0.3) is 0 Å². The van der Waals surface area contributed by atoms with Crippen LogP contribution in [0.25, 0.3) is 0 Å². The van der Waals surface area contributed by atoms with Gasteiger partial charge in [0.1, 0.15) is 0 Å². The molecule has 0 unspecified atom stereocenters. The zero-order valence-electron chi connectivity index (χ0n) is 15.4. The Bertz CT molecular complexity index is 728. The van der Waals surface area contributed by atoms with E-state index in [0.29, 0.717) is 6.54 Å². The molecule has 0 radical (unpaired) electrons. The Balaban J connectivity index is 1.37. The quantitative estimate of drug-likeness (QED) is 0.860. The third kappa shape index (κ3) is 4.92. The van der Waals surface area contributed by atoms with Crippen LogP contribution in [0, 0.1) is 13.8 Å². The third-order valence-corrected chi connectivity index (χ3v) is 4.55. The number of amides is 2. The fraction of sp³-hybridized carbons (Fsp3) is 0.421. The first kappa shape index (κ1) is 18.1. The molecule has 0 bridgehead atoms. The highest BCUT2D eigenvalue weighted by atomic mass is 16.2. The lowest BCUT2D eigenvalue weighted by atomic mass is 10.1. The molecule has 1 aromatic heterocycles. The molecule has 7 nitrogen and oxygen atoms in total. The molecule has 1 fully saturated rings. The summed E-state index contributed by atoms with van der Waals surface area (Å²) in [5.74, 6) is 0.790. The van der Waals surface area contributed by atoms with Crippen LogP contribution >= 0.6 is 0 Å². The first-order valence-corrected chi connectivity index (χ1v) is 8.98. The maximum absolute atomic E-state index is 12.1. The number of nitrogens with zero attached hydrogens (tertiary/aromatic N) is 4. The predicted octanol–water partition coefficient (Wildman–Crippen LogP) is 2.04. The summed E-state index contributed by atoms with van der Waals surface area (Å²) in [6, 6.07) is 7.67. The lowest BCUT2D eigenvalue weighted by Crippen LogP contribution is -2.49. The van der Waals surface area contributed by atoms with Crippen LogP contribution in [0.1, 0.15) is 11.1 Å². The zero-order chi connectivity index (χ0) is 18.4. The van der Waals surface area contributed by atoms with Crippen LogP contribution < -0.4 is 15.5 Å². The van der Waals surface area contributed by atoms with E-state index in [1.54, 1.807) is 12.4 Å². The minimum Gasteiger partial charge on any atom is -0.338 e. The van der Waals surface area contributed by atoms with Crippen molar-refractivity contribution in [2.75, 3.05) is 49.5 Å². The minimum absolute atomic E-state index is 0.159. The highest BCUT2D eigenvalue weighted by molar-refractivity contribution is 5.90. The van der Waals surface area contributed by atoms with Crippen molar-refractivity contribution in [3.8, 4) is 0 Å². The van der Waals surface area contributed by atoms with Gasteiger partial charge in [0.2, 0.25) is 5.95 Å². The first-order valence-electron chi connectivity index (χ1n) is 8.98. The van der Waals surface area contributed by atoms with Gasteiger partial charge < -0.3 is 15.5 Å². The number of urea groups is 1. The van der Waals surface area contributed by atoms with E-state index in [4.69, 9.17) is 0 Å². The second-order valence-corrected chi connectivity index (χ2v) is 6.58. The van der Waals surface area contributed by atoms with Crippen LogP contribution in [-0.4, -0.2) is 60.2 Å². The van der Waals surface area contributed by atoms with Gasteiger partial charge in [-0.2, -0.15) is 0 Å². The maximum Gasteiger partial charge on any atom is 0.319 e. The van der Waals surface area contributed by atoms with Gasteiger partial charge in [0.05, 0.1) is 0 Å². The van der Waals surface area contributed by atoms with Crippen molar-refractivity contribution in [1.82, 2.24) is 20.2 Å². The molecule has 0 aliphatic carbocycles. The second-order valence-electron chi connectivity index (χ2n) is 6.58. The topological polar surface area (TPSA) is 73.4 Å². The SMILES string of the molecule is Cc1ccc(NC(=O)NCCN2CCN(c3ncccn3)CC2)c(C)c1. The molecule has 2 aromatic rings. The number of benzene rings is 1. The van der Waals surface area contributed by atoms with E-state index < -0.39 is 0 Å². The summed E-state index contributed by atoms with van der Waals surface area (Å²) in [7, 11) is 0. The summed E-state index contributed by atoms with van der Waals surface area (Å²) >= 11 is 0. The van der Waals surface area contributed by atoms with Crippen LogP contribution in [-0.2, 0) is 0 Å². The molecule has 0 saturated carbocycles. The fourth-order valence-corrected chi connectivity index (χ4v) is 3.07. The molecule has 3 rings (SSSR count). The zero-order valence-corrected chi connectivity index (χ0v) is 15.4. The lowest BCUT2D eigenvalue weighted by Gasteiger charge is -2.34. The number of carbonyl (C=O) groups is 1. The van der Waals surface area contributed by atoms with Crippen LogP contribution in [0.3, 0.4) is 0 Å². The summed E-state index contributed by atoms with van der Waals surface area (Å²) in [5, 5.41) is 5.84. The summed E-state index contributed by atoms with van der Waals surface area (Å²) in [4.78, 5) is 25.2. The Morgan fingerprint density at radius 2 is 1.85 bits per heavy atom. The van der Waals surface area contributed by atoms with Crippen LogP contribution in [0.4, 0.5) is 16.4 Å². The number of rotatable bonds is 5. The minimum atomic E-state index is -0.159. The molecule has 7 heteroatoms. The highest BCUT2D eigenvalue weighted by Crippen LogP contribution is 2.15. The molecule has 2 amide bonds. The van der Waals surface area contributed by atoms with Crippen molar-refractivity contribution in [1.29, 1.82) is 0 Å². The van der Waals surface area contributed by atoms with Crippen molar-refractivity contribution in [2.45, 2.75) is 13.8 Å². The molecule has 1 aromatic carbocycles. The second kappa shape index (κ2) is 8.62. The molecule has 0 atom stereocenters. The predicted molar refractivity (Wildman–Crippen MR) is 104 cm³/mol. The Labute approximate surface area is 154 Å². The van der Waals surface area contributed by atoms with Crippen LogP contribution in [0.15, 0.2) is 36.7 Å². The van der Waals surface area contributed by atoms with Crippen molar-refractivity contribution >= 4 is 17.7 Å². The maximum atomic E-state index is 12.1. The van der Waals surface area contributed by atoms with E-state index in [9.17, 15) is 4.79 Å². The number of anilines is 2. The van der Waals surface area contributed by atoms with Gasteiger partial charge in [-0.05, 0) is 31.5 Å². The monoisotopic (exact) mass is 354 g/mol. The number of nitrogens with one attached hydrogen (secondary N) is 2. The Hall–Kier alpha value is -2.67. The largest absolute Gasteiger partial charge is 0.338 e. The number of aromatic nitrogens is 2. The van der Waals surface area contributed by atoms with Gasteiger partial charge in [0.15, 0.2) is 0 Å². The molecule has 138 valence electrons. The normalized spacial score (nSPS) is 14.9. The van der Waals surface area contributed by atoms with Gasteiger partial charge in [-0.25, -0.2) is 14.8 Å². The Morgan fingerprint density at radius 1 is 1.12 bits per heavy atom. The number of carbonyl (C=O) groups excluding carboxylic acids is 1. The van der Waals surface area contributed by atoms with Gasteiger partial charge in [-0.3, -0.25) is 4.90 Å². The van der Waals surface area contributed by atoms with Gasteiger partial charge in [-0.15, -0.1) is 0 Å². The number of hydrogen-bond acceptors (Lipinski definition) is 5. The summed E-state index contributed by atoms with van der Waals surface area (Å²) in [6.45, 7) is 9.19. The average Bonchev–Trinajstić information content (AvgIpc) is 2.65. The van der Waals surface area contributed by atoms with E-state index in [-0.39, 0.29) is 6.03 Å². The van der Waals surface area contributed by atoms with E-state index in [1.807, 2.05) is 32.0 Å². The molecule has 1 aliphatic heterocycles. The van der Waals surface area contributed by atoms with Crippen molar-refractivity contribution in [3.05, 3.63) is 47.8 Å². The van der Waals surface area contributed by atoms with E-state index in [1.165, 1.54) is 5.56 Å². The Morgan fingerprint density at radius 3 is 2.54 bits per heavy atom. The van der Waals surface area contributed by atoms with E-state index in [0.717, 1.165) is 49.9 Å². The Kier molecular flexibility index (Phi) is 6.01. The molecule has 2 N–H and O–H groups in total. The van der Waals surface area contributed by atoms with Crippen molar-refractivity contribution in [2.24, 2.45) is 0 Å². The highest BCUT2D eigenvalue weighted by Gasteiger charge is 2.18. The molecule has 0 spiro atoms. The lowest BCUT2D eigenvalue weighted by molar-refractivity contribution is 0.240. The summed E-state index contributed by atoms with van der Waals surface area (Å²) in [5.41, 5.74) is 3.11.